The Morgan fingerprint density at radius 2 is 1.93 bits per heavy atom. The fourth-order valence-corrected chi connectivity index (χ4v) is 4.40. The smallest absolute Gasteiger partial charge is 0.332 e. The van der Waals surface area contributed by atoms with E-state index in [0.717, 1.165) is 35.8 Å². The number of hydrogen-bond donors (Lipinski definition) is 1. The number of carbonyl (C=O) groups is 2. The molecule has 0 bridgehead atoms. The number of amides is 1. The van der Waals surface area contributed by atoms with Gasteiger partial charge in [0.15, 0.2) is 0 Å². The molecule has 3 rings (SSSR count). The number of thiophene rings is 1. The van der Waals surface area contributed by atoms with E-state index in [9.17, 15) is 9.59 Å². The van der Waals surface area contributed by atoms with E-state index < -0.39 is 5.60 Å². The number of hydrogen-bond acceptors (Lipinski definition) is 6. The topological polar surface area (TPSA) is 88.4 Å². The number of fused-ring (bicyclic) bond motifs is 1. The molecule has 0 atom stereocenters. The first-order valence-corrected chi connectivity index (χ1v) is 10.6. The van der Waals surface area contributed by atoms with E-state index >= 15 is 0 Å². The van der Waals surface area contributed by atoms with E-state index in [1.54, 1.807) is 6.07 Å². The summed E-state index contributed by atoms with van der Waals surface area (Å²) in [4.78, 5) is 25.0. The van der Waals surface area contributed by atoms with Crippen molar-refractivity contribution < 1.29 is 19.1 Å². The van der Waals surface area contributed by atoms with Gasteiger partial charge in [0.25, 0.3) is 5.91 Å². The van der Waals surface area contributed by atoms with Crippen molar-refractivity contribution in [3.63, 3.8) is 0 Å². The summed E-state index contributed by atoms with van der Waals surface area (Å²) in [6, 6.07) is 9.53. The molecule has 29 heavy (non-hydrogen) atoms. The summed E-state index contributed by atoms with van der Waals surface area (Å²) < 4.78 is 11.9. The molecular weight excluding hydrogens is 388 g/mol. The first-order valence-electron chi connectivity index (χ1n) is 9.81. The van der Waals surface area contributed by atoms with E-state index in [0.29, 0.717) is 10.4 Å². The first-order chi connectivity index (χ1) is 13.7. The SMILES string of the molecule is CC(C)(C)OC(=O)COC1CCC(NC(=O)c2cc3ccc(C#N)cc3s2)CC1. The van der Waals surface area contributed by atoms with Crippen LogP contribution >= 0.6 is 11.3 Å². The highest BCUT2D eigenvalue weighted by molar-refractivity contribution is 7.20. The maximum absolute atomic E-state index is 12.6. The van der Waals surface area contributed by atoms with Crippen LogP contribution in [0.2, 0.25) is 0 Å². The number of rotatable bonds is 5. The van der Waals surface area contributed by atoms with Gasteiger partial charge in [-0.2, -0.15) is 5.26 Å². The Kier molecular flexibility index (Phi) is 6.56. The summed E-state index contributed by atoms with van der Waals surface area (Å²) in [6.45, 7) is 5.46. The molecule has 1 amide bonds. The van der Waals surface area contributed by atoms with E-state index in [-0.39, 0.29) is 30.6 Å². The van der Waals surface area contributed by atoms with Crippen molar-refractivity contribution in [2.75, 3.05) is 6.61 Å². The van der Waals surface area contributed by atoms with Gasteiger partial charge in [0, 0.05) is 10.7 Å². The molecule has 1 heterocycles. The summed E-state index contributed by atoms with van der Waals surface area (Å²) in [5.74, 6) is -0.430. The van der Waals surface area contributed by atoms with Gasteiger partial charge in [-0.3, -0.25) is 4.79 Å². The summed E-state index contributed by atoms with van der Waals surface area (Å²) in [6.07, 6.45) is 3.24. The van der Waals surface area contributed by atoms with Crippen LogP contribution in [0.25, 0.3) is 10.1 Å². The van der Waals surface area contributed by atoms with Crippen molar-refractivity contribution in [2.45, 2.75) is 64.2 Å². The van der Waals surface area contributed by atoms with Crippen LogP contribution in [0.1, 0.15) is 61.7 Å². The van der Waals surface area contributed by atoms with Gasteiger partial charge in [-0.25, -0.2) is 4.79 Å². The molecule has 1 aliphatic rings. The Morgan fingerprint density at radius 1 is 1.21 bits per heavy atom. The molecule has 1 fully saturated rings. The molecule has 1 N–H and O–H groups in total. The summed E-state index contributed by atoms with van der Waals surface area (Å²) >= 11 is 1.40. The van der Waals surface area contributed by atoms with Crippen LogP contribution in [-0.4, -0.2) is 36.2 Å². The summed E-state index contributed by atoms with van der Waals surface area (Å²) in [5.41, 5.74) is 0.0848. The van der Waals surface area contributed by atoms with Crippen LogP contribution in [0, 0.1) is 11.3 Å². The zero-order valence-electron chi connectivity index (χ0n) is 17.0. The van der Waals surface area contributed by atoms with Crippen LogP contribution in [-0.2, 0) is 14.3 Å². The second-order valence-corrected chi connectivity index (χ2v) is 9.40. The Bertz CT molecular complexity index is 930. The molecule has 1 saturated carbocycles. The molecule has 0 aliphatic heterocycles. The molecule has 154 valence electrons. The van der Waals surface area contributed by atoms with Crippen molar-refractivity contribution in [3.05, 3.63) is 34.7 Å². The fourth-order valence-electron chi connectivity index (χ4n) is 3.40. The lowest BCUT2D eigenvalue weighted by molar-refractivity contribution is -0.162. The zero-order chi connectivity index (χ0) is 21.0. The van der Waals surface area contributed by atoms with Crippen molar-refractivity contribution in [3.8, 4) is 6.07 Å². The minimum atomic E-state index is -0.509. The molecule has 0 saturated heterocycles. The number of benzene rings is 1. The molecule has 2 aromatic rings. The molecule has 1 aliphatic carbocycles. The molecule has 7 heteroatoms. The van der Waals surface area contributed by atoms with Gasteiger partial charge in [-0.05, 0) is 70.0 Å². The molecule has 1 aromatic carbocycles. The standard InChI is InChI=1S/C22H26N2O4S/c1-22(2,3)28-20(25)13-27-17-8-6-16(7-9-17)24-21(26)19-11-15-5-4-14(12-23)10-18(15)29-19/h4-5,10-11,16-17H,6-9,13H2,1-3H3,(H,24,26). The quantitative estimate of drug-likeness (QED) is 0.742. The lowest BCUT2D eigenvalue weighted by Gasteiger charge is -2.29. The van der Waals surface area contributed by atoms with Crippen LogP contribution < -0.4 is 5.32 Å². The van der Waals surface area contributed by atoms with Gasteiger partial charge >= 0.3 is 5.97 Å². The predicted molar refractivity (Wildman–Crippen MR) is 112 cm³/mol. The van der Waals surface area contributed by atoms with Crippen molar-refractivity contribution in [1.82, 2.24) is 5.32 Å². The zero-order valence-corrected chi connectivity index (χ0v) is 17.8. The highest BCUT2D eigenvalue weighted by Gasteiger charge is 2.25. The number of ether oxygens (including phenoxy) is 2. The summed E-state index contributed by atoms with van der Waals surface area (Å²) in [7, 11) is 0. The van der Waals surface area contributed by atoms with E-state index in [4.69, 9.17) is 14.7 Å². The van der Waals surface area contributed by atoms with Crippen LogP contribution in [0.5, 0.6) is 0 Å². The predicted octanol–water partition coefficient (Wildman–Crippen LogP) is 4.17. The van der Waals surface area contributed by atoms with Crippen LogP contribution in [0.3, 0.4) is 0 Å². The lowest BCUT2D eigenvalue weighted by atomic mass is 9.93. The van der Waals surface area contributed by atoms with Gasteiger partial charge in [-0.15, -0.1) is 11.3 Å². The molecule has 0 radical (unpaired) electrons. The number of esters is 1. The Labute approximate surface area is 174 Å². The fraction of sp³-hybridized carbons (Fsp3) is 0.500. The third-order valence-electron chi connectivity index (χ3n) is 4.74. The molecular formula is C22H26N2O4S. The van der Waals surface area contributed by atoms with Crippen LogP contribution in [0.15, 0.2) is 24.3 Å². The van der Waals surface area contributed by atoms with Gasteiger partial charge in [0.2, 0.25) is 0 Å². The van der Waals surface area contributed by atoms with Gasteiger partial charge in [0.05, 0.1) is 22.6 Å². The van der Waals surface area contributed by atoms with E-state index in [1.165, 1.54) is 11.3 Å². The number of carbonyl (C=O) groups excluding carboxylic acids is 2. The molecule has 1 aromatic heterocycles. The highest BCUT2D eigenvalue weighted by Crippen LogP contribution is 2.27. The Morgan fingerprint density at radius 3 is 2.59 bits per heavy atom. The second-order valence-electron chi connectivity index (χ2n) is 8.32. The minimum Gasteiger partial charge on any atom is -0.458 e. The highest BCUT2D eigenvalue weighted by atomic mass is 32.1. The average molecular weight is 415 g/mol. The minimum absolute atomic E-state index is 0.0180. The van der Waals surface area contributed by atoms with Crippen molar-refractivity contribution in [1.29, 1.82) is 5.26 Å². The second kappa shape index (κ2) is 8.93. The van der Waals surface area contributed by atoms with E-state index in [1.807, 2.05) is 39.0 Å². The first kappa shape index (κ1) is 21.3. The third kappa shape index (κ3) is 6.02. The summed E-state index contributed by atoms with van der Waals surface area (Å²) in [5, 5.41) is 13.1. The Balaban J connectivity index is 1.46. The monoisotopic (exact) mass is 414 g/mol. The van der Waals surface area contributed by atoms with Crippen LogP contribution in [0.4, 0.5) is 0 Å². The molecule has 0 spiro atoms. The lowest BCUT2D eigenvalue weighted by Crippen LogP contribution is -2.39. The number of nitrogens with zero attached hydrogens (tertiary/aromatic N) is 1. The maximum Gasteiger partial charge on any atom is 0.332 e. The largest absolute Gasteiger partial charge is 0.458 e. The van der Waals surface area contributed by atoms with Crippen molar-refractivity contribution in [2.24, 2.45) is 0 Å². The van der Waals surface area contributed by atoms with Gasteiger partial charge < -0.3 is 14.8 Å². The van der Waals surface area contributed by atoms with E-state index in [2.05, 4.69) is 11.4 Å². The Hall–Kier alpha value is -2.43. The average Bonchev–Trinajstić information content (AvgIpc) is 3.09. The molecule has 0 unspecified atom stereocenters. The van der Waals surface area contributed by atoms with Crippen molar-refractivity contribution >= 4 is 33.3 Å². The van der Waals surface area contributed by atoms with Gasteiger partial charge in [-0.1, -0.05) is 6.07 Å². The maximum atomic E-state index is 12.6. The third-order valence-corrected chi connectivity index (χ3v) is 5.84. The molecule has 6 nitrogen and oxygen atoms in total. The number of nitriles is 1. The van der Waals surface area contributed by atoms with Gasteiger partial charge in [0.1, 0.15) is 12.2 Å². The normalized spacial score (nSPS) is 19.5. The number of nitrogens with one attached hydrogen (secondary N) is 1.